The molecule has 0 rings (SSSR count). The highest BCUT2D eigenvalue weighted by molar-refractivity contribution is 4.86. The van der Waals surface area contributed by atoms with Gasteiger partial charge >= 0.3 is 0 Å². The van der Waals surface area contributed by atoms with Gasteiger partial charge in [-0.25, -0.2) is 0 Å². The van der Waals surface area contributed by atoms with Gasteiger partial charge < -0.3 is 5.73 Å². The van der Waals surface area contributed by atoms with E-state index in [0.29, 0.717) is 5.92 Å². The summed E-state index contributed by atoms with van der Waals surface area (Å²) in [7, 11) is 0. The molecule has 0 aliphatic heterocycles. The van der Waals surface area contributed by atoms with Crippen molar-refractivity contribution in [2.24, 2.45) is 17.6 Å². The molecule has 0 aliphatic carbocycles. The predicted molar refractivity (Wildman–Crippen MR) is 74.4 cm³/mol. The van der Waals surface area contributed by atoms with Gasteiger partial charge in [-0.2, -0.15) is 0 Å². The summed E-state index contributed by atoms with van der Waals surface area (Å²) >= 11 is 0. The van der Waals surface area contributed by atoms with Crippen LogP contribution in [0.5, 0.6) is 0 Å². The third kappa shape index (κ3) is 9.97. The van der Waals surface area contributed by atoms with Crippen molar-refractivity contribution in [1.82, 2.24) is 0 Å². The van der Waals surface area contributed by atoms with E-state index in [2.05, 4.69) is 45.1 Å². The van der Waals surface area contributed by atoms with E-state index in [1.165, 1.54) is 19.3 Å². The van der Waals surface area contributed by atoms with Crippen molar-refractivity contribution in [2.75, 3.05) is 6.54 Å². The smallest absolute Gasteiger partial charge is 0.00485 e. The van der Waals surface area contributed by atoms with Gasteiger partial charge in [-0.05, 0) is 50.5 Å². The molecule has 2 unspecified atom stereocenters. The minimum atomic E-state index is 0.624. The molecule has 0 aromatic rings. The average Bonchev–Trinajstić information content (AvgIpc) is 2.30. The van der Waals surface area contributed by atoms with Crippen molar-refractivity contribution in [1.29, 1.82) is 0 Å². The second-order valence-corrected chi connectivity index (χ2v) is 4.85. The van der Waals surface area contributed by atoms with Crippen LogP contribution < -0.4 is 5.73 Å². The highest BCUT2D eigenvalue weighted by Crippen LogP contribution is 2.12. The molecule has 0 fully saturated rings. The van der Waals surface area contributed by atoms with Crippen LogP contribution >= 0.6 is 0 Å². The van der Waals surface area contributed by atoms with Gasteiger partial charge in [0.25, 0.3) is 0 Å². The highest BCUT2D eigenvalue weighted by atomic mass is 14.5. The summed E-state index contributed by atoms with van der Waals surface area (Å²) in [5, 5.41) is 0. The predicted octanol–water partition coefficient (Wildman–Crippen LogP) is 4.30. The molecule has 0 aromatic carbocycles. The lowest BCUT2D eigenvalue weighted by Gasteiger charge is -2.07. The van der Waals surface area contributed by atoms with Crippen LogP contribution in [0.2, 0.25) is 0 Å². The van der Waals surface area contributed by atoms with Gasteiger partial charge in [0.15, 0.2) is 0 Å². The van der Waals surface area contributed by atoms with Crippen molar-refractivity contribution in [2.45, 2.75) is 52.9 Å². The van der Waals surface area contributed by atoms with Crippen molar-refractivity contribution in [3.8, 4) is 0 Å². The van der Waals surface area contributed by atoms with Gasteiger partial charge in [0.05, 0.1) is 0 Å². The third-order valence-electron chi connectivity index (χ3n) is 2.87. The van der Waals surface area contributed by atoms with E-state index < -0.39 is 0 Å². The van der Waals surface area contributed by atoms with Crippen LogP contribution in [-0.2, 0) is 0 Å². The molecule has 94 valence electrons. The zero-order valence-electron chi connectivity index (χ0n) is 11.3. The molecule has 2 atom stereocenters. The van der Waals surface area contributed by atoms with Gasteiger partial charge in [0.1, 0.15) is 0 Å². The maximum absolute atomic E-state index is 5.57. The van der Waals surface area contributed by atoms with E-state index in [4.69, 9.17) is 5.73 Å². The first-order chi connectivity index (χ1) is 7.70. The van der Waals surface area contributed by atoms with Gasteiger partial charge in [-0.3, -0.25) is 0 Å². The lowest BCUT2D eigenvalue weighted by molar-refractivity contribution is 0.543. The Morgan fingerprint density at radius 1 is 0.938 bits per heavy atom. The van der Waals surface area contributed by atoms with Crippen molar-refractivity contribution >= 4 is 0 Å². The number of allylic oxidation sites excluding steroid dienone is 4. The molecular formula is C15H29N. The topological polar surface area (TPSA) is 26.0 Å². The number of rotatable bonds is 9. The Balaban J connectivity index is 3.49. The van der Waals surface area contributed by atoms with Crippen molar-refractivity contribution in [3.63, 3.8) is 0 Å². The van der Waals surface area contributed by atoms with Crippen LogP contribution in [0.4, 0.5) is 0 Å². The molecule has 0 aliphatic rings. The molecular weight excluding hydrogens is 194 g/mol. The van der Waals surface area contributed by atoms with Gasteiger partial charge in [0.2, 0.25) is 0 Å². The third-order valence-corrected chi connectivity index (χ3v) is 2.87. The maximum atomic E-state index is 5.57. The summed E-state index contributed by atoms with van der Waals surface area (Å²) in [5.74, 6) is 1.42. The SMILES string of the molecule is CC/C=C\CCC(C)C/C=C\CC(C)CN. The minimum Gasteiger partial charge on any atom is -0.330 e. The second kappa shape index (κ2) is 10.9. The summed E-state index contributed by atoms with van der Waals surface area (Å²) in [6, 6.07) is 0. The molecule has 0 saturated heterocycles. The molecule has 16 heavy (non-hydrogen) atoms. The first-order valence-electron chi connectivity index (χ1n) is 6.70. The van der Waals surface area contributed by atoms with E-state index >= 15 is 0 Å². The number of hydrogen-bond acceptors (Lipinski definition) is 1. The fourth-order valence-electron chi connectivity index (χ4n) is 1.54. The minimum absolute atomic E-state index is 0.624. The molecule has 0 amide bonds. The summed E-state index contributed by atoms with van der Waals surface area (Å²) in [6.07, 6.45) is 15.2. The Morgan fingerprint density at radius 2 is 1.56 bits per heavy atom. The fraction of sp³-hybridized carbons (Fsp3) is 0.733. The van der Waals surface area contributed by atoms with E-state index in [1.807, 2.05) is 0 Å². The summed E-state index contributed by atoms with van der Waals surface area (Å²) < 4.78 is 0. The Bertz CT molecular complexity index is 194. The molecule has 0 aromatic heterocycles. The largest absolute Gasteiger partial charge is 0.330 e. The van der Waals surface area contributed by atoms with Crippen molar-refractivity contribution < 1.29 is 0 Å². The fourth-order valence-corrected chi connectivity index (χ4v) is 1.54. The monoisotopic (exact) mass is 223 g/mol. The molecule has 2 N–H and O–H groups in total. The van der Waals surface area contributed by atoms with Gasteiger partial charge in [-0.15, -0.1) is 0 Å². The van der Waals surface area contributed by atoms with Crippen LogP contribution in [-0.4, -0.2) is 6.54 Å². The molecule has 0 radical (unpaired) electrons. The first kappa shape index (κ1) is 15.4. The molecule has 0 spiro atoms. The quantitative estimate of drug-likeness (QED) is 0.579. The number of hydrogen-bond donors (Lipinski definition) is 1. The molecule has 1 nitrogen and oxygen atoms in total. The van der Waals surface area contributed by atoms with E-state index in [0.717, 1.165) is 25.3 Å². The van der Waals surface area contributed by atoms with Crippen molar-refractivity contribution in [3.05, 3.63) is 24.3 Å². The molecule has 0 bridgehead atoms. The molecule has 1 heteroatoms. The van der Waals surface area contributed by atoms with Gasteiger partial charge in [-0.1, -0.05) is 45.1 Å². The van der Waals surface area contributed by atoms with E-state index in [9.17, 15) is 0 Å². The van der Waals surface area contributed by atoms with E-state index in [-0.39, 0.29) is 0 Å². The highest BCUT2D eigenvalue weighted by Gasteiger charge is 1.98. The molecule has 0 saturated carbocycles. The summed E-state index contributed by atoms with van der Waals surface area (Å²) in [5.41, 5.74) is 5.57. The van der Waals surface area contributed by atoms with E-state index in [1.54, 1.807) is 0 Å². The number of nitrogens with two attached hydrogens (primary N) is 1. The van der Waals surface area contributed by atoms with Crippen LogP contribution in [0.1, 0.15) is 52.9 Å². The first-order valence-corrected chi connectivity index (χ1v) is 6.70. The van der Waals surface area contributed by atoms with Crippen LogP contribution in [0.15, 0.2) is 24.3 Å². The lowest BCUT2D eigenvalue weighted by Crippen LogP contribution is -2.09. The second-order valence-electron chi connectivity index (χ2n) is 4.85. The standard InChI is InChI=1S/C15H29N/c1-4-5-6-7-10-14(2)11-8-9-12-15(3)13-16/h5-6,8-9,14-15H,4,7,10-13,16H2,1-3H3/b6-5-,9-8-. The lowest BCUT2D eigenvalue weighted by atomic mass is 10.0. The van der Waals surface area contributed by atoms with Crippen LogP contribution in [0, 0.1) is 11.8 Å². The summed E-state index contributed by atoms with van der Waals surface area (Å²) in [6.45, 7) is 7.50. The van der Waals surface area contributed by atoms with Crippen LogP contribution in [0.3, 0.4) is 0 Å². The summed E-state index contributed by atoms with van der Waals surface area (Å²) in [4.78, 5) is 0. The Kier molecular flexibility index (Phi) is 10.6. The Labute approximate surface area is 102 Å². The average molecular weight is 223 g/mol. The normalized spacial score (nSPS) is 16.0. The molecule has 0 heterocycles. The zero-order valence-corrected chi connectivity index (χ0v) is 11.3. The zero-order chi connectivity index (χ0) is 12.2. The Morgan fingerprint density at radius 3 is 2.12 bits per heavy atom. The van der Waals surface area contributed by atoms with Crippen LogP contribution in [0.25, 0.3) is 0 Å². The Hall–Kier alpha value is -0.560. The maximum Gasteiger partial charge on any atom is -0.00485 e. The van der Waals surface area contributed by atoms with Gasteiger partial charge in [0, 0.05) is 0 Å².